The third-order valence-corrected chi connectivity index (χ3v) is 4.26. The molecule has 0 bridgehead atoms. The number of ether oxygens (including phenoxy) is 1. The zero-order valence-electron chi connectivity index (χ0n) is 14.3. The topological polar surface area (TPSA) is 81.3 Å². The van der Waals surface area contributed by atoms with Gasteiger partial charge in [-0.15, -0.1) is 12.4 Å². The summed E-state index contributed by atoms with van der Waals surface area (Å²) in [5.74, 6) is 0.401. The van der Waals surface area contributed by atoms with Crippen LogP contribution in [0, 0.1) is 6.92 Å². The Hall–Kier alpha value is -2.48. The molecule has 0 saturated heterocycles. The minimum atomic E-state index is -2.56. The number of nitrogens with two attached hydrogens (primary N) is 1. The van der Waals surface area contributed by atoms with Crippen LogP contribution in [0.2, 0.25) is 0 Å². The Morgan fingerprint density at radius 2 is 2.12 bits per heavy atom. The van der Waals surface area contributed by atoms with E-state index in [0.717, 1.165) is 11.1 Å². The zero-order chi connectivity index (χ0) is 18.1. The van der Waals surface area contributed by atoms with Gasteiger partial charge < -0.3 is 15.4 Å². The molecule has 6 nitrogen and oxygen atoms in total. The first kappa shape index (κ1) is 19.8. The molecule has 0 aromatic carbocycles. The molecule has 9 heteroatoms. The summed E-state index contributed by atoms with van der Waals surface area (Å²) in [6, 6.07) is 3.19. The smallest absolute Gasteiger partial charge is 0.272 e. The molecule has 0 saturated carbocycles. The van der Waals surface area contributed by atoms with Gasteiger partial charge in [-0.25, -0.2) is 18.7 Å². The number of pyridine rings is 2. The van der Waals surface area contributed by atoms with Crippen LogP contribution < -0.4 is 10.5 Å². The molecule has 1 unspecified atom stereocenters. The summed E-state index contributed by atoms with van der Waals surface area (Å²) in [7, 11) is 0. The molecule has 0 radical (unpaired) electrons. The predicted molar refractivity (Wildman–Crippen MR) is 94.7 cm³/mol. The summed E-state index contributed by atoms with van der Waals surface area (Å²) in [4.78, 5) is 22.4. The molecule has 0 fully saturated rings. The van der Waals surface area contributed by atoms with Crippen LogP contribution in [0.3, 0.4) is 0 Å². The lowest BCUT2D eigenvalue weighted by molar-refractivity contribution is 0.0713. The minimum absolute atomic E-state index is 0. The van der Waals surface area contributed by atoms with E-state index in [1.54, 1.807) is 24.0 Å². The normalized spacial score (nSPS) is 14.2. The van der Waals surface area contributed by atoms with E-state index in [0.29, 0.717) is 23.5 Å². The molecule has 0 aliphatic carbocycles. The minimum Gasteiger partial charge on any atom is -0.471 e. The Bertz CT molecular complexity index is 819. The Morgan fingerprint density at radius 1 is 1.38 bits per heavy atom. The molecule has 1 atom stereocenters. The Labute approximate surface area is 155 Å². The average Bonchev–Trinajstić information content (AvgIpc) is 2.91. The van der Waals surface area contributed by atoms with Crippen LogP contribution in [-0.2, 0) is 6.54 Å². The lowest BCUT2D eigenvalue weighted by atomic mass is 10.1. The van der Waals surface area contributed by atoms with E-state index in [-0.39, 0.29) is 30.2 Å². The van der Waals surface area contributed by atoms with Crippen molar-refractivity contribution in [1.82, 2.24) is 14.9 Å². The molecule has 2 aromatic heterocycles. The maximum atomic E-state index is 12.6. The zero-order valence-corrected chi connectivity index (χ0v) is 15.1. The molecule has 0 spiro atoms. The van der Waals surface area contributed by atoms with E-state index >= 15 is 0 Å². The fourth-order valence-electron chi connectivity index (χ4n) is 2.87. The number of carbonyl (C=O) groups excluding carboxylic acids is 1. The third kappa shape index (κ3) is 3.70. The van der Waals surface area contributed by atoms with Crippen molar-refractivity contribution in [3.05, 3.63) is 46.8 Å². The maximum Gasteiger partial charge on any atom is 0.272 e. The summed E-state index contributed by atoms with van der Waals surface area (Å²) >= 11 is 0. The van der Waals surface area contributed by atoms with Crippen molar-refractivity contribution in [3.63, 3.8) is 0 Å². The van der Waals surface area contributed by atoms with Gasteiger partial charge in [0.15, 0.2) is 6.61 Å². The van der Waals surface area contributed by atoms with Gasteiger partial charge in [0, 0.05) is 29.1 Å². The van der Waals surface area contributed by atoms with E-state index in [4.69, 9.17) is 10.5 Å². The van der Waals surface area contributed by atoms with Crippen molar-refractivity contribution in [2.24, 2.45) is 0 Å². The van der Waals surface area contributed by atoms with Gasteiger partial charge >= 0.3 is 0 Å². The largest absolute Gasteiger partial charge is 0.471 e. The van der Waals surface area contributed by atoms with Crippen LogP contribution in [0.5, 0.6) is 5.88 Å². The number of carbonyl (C=O) groups is 1. The standard InChI is InChI=1S/C17H18F2N4O2.ClH/c1-9-5-11(6-22-16(9)25-8-14(18)19)10(2)23-7-13-12(17(23)24)3-4-21-15(13)20;/h3-6,10,14H,7-8H2,1-2H3,(H2,20,21);1H. The van der Waals surface area contributed by atoms with Gasteiger partial charge in [-0.3, -0.25) is 4.79 Å². The highest BCUT2D eigenvalue weighted by molar-refractivity contribution is 5.99. The van der Waals surface area contributed by atoms with Crippen LogP contribution in [0.15, 0.2) is 24.5 Å². The lowest BCUT2D eigenvalue weighted by Crippen LogP contribution is -2.27. The molecule has 1 amide bonds. The van der Waals surface area contributed by atoms with Crippen LogP contribution >= 0.6 is 12.4 Å². The number of anilines is 1. The van der Waals surface area contributed by atoms with Crippen molar-refractivity contribution in [3.8, 4) is 5.88 Å². The fourth-order valence-corrected chi connectivity index (χ4v) is 2.87. The molecule has 1 aliphatic heterocycles. The van der Waals surface area contributed by atoms with E-state index in [9.17, 15) is 13.6 Å². The number of amides is 1. The first-order chi connectivity index (χ1) is 11.9. The quantitative estimate of drug-likeness (QED) is 0.856. The summed E-state index contributed by atoms with van der Waals surface area (Å²) in [6.07, 6.45) is 0.497. The number of alkyl halides is 2. The molecule has 26 heavy (non-hydrogen) atoms. The highest BCUT2D eigenvalue weighted by Gasteiger charge is 2.33. The van der Waals surface area contributed by atoms with Crippen molar-refractivity contribution in [2.75, 3.05) is 12.3 Å². The van der Waals surface area contributed by atoms with Crippen LogP contribution in [0.1, 0.15) is 40.0 Å². The number of hydrogen-bond acceptors (Lipinski definition) is 5. The van der Waals surface area contributed by atoms with E-state index in [1.165, 1.54) is 12.4 Å². The highest BCUT2D eigenvalue weighted by atomic mass is 35.5. The number of halogens is 3. The van der Waals surface area contributed by atoms with Gasteiger partial charge in [0.1, 0.15) is 5.82 Å². The number of rotatable bonds is 5. The van der Waals surface area contributed by atoms with Gasteiger partial charge in [-0.2, -0.15) is 0 Å². The van der Waals surface area contributed by atoms with Gasteiger partial charge in [-0.1, -0.05) is 0 Å². The van der Waals surface area contributed by atoms with Gasteiger partial charge in [-0.05, 0) is 31.5 Å². The molecular weight excluding hydrogens is 366 g/mol. The number of fused-ring (bicyclic) bond motifs is 1. The number of aryl methyl sites for hydroxylation is 1. The van der Waals surface area contributed by atoms with Crippen molar-refractivity contribution in [1.29, 1.82) is 0 Å². The molecule has 3 heterocycles. The van der Waals surface area contributed by atoms with Gasteiger partial charge in [0.2, 0.25) is 5.88 Å². The molecule has 140 valence electrons. The molecule has 1 aliphatic rings. The Morgan fingerprint density at radius 3 is 2.73 bits per heavy atom. The molecule has 2 aromatic rings. The summed E-state index contributed by atoms with van der Waals surface area (Å²) in [6.45, 7) is 3.28. The van der Waals surface area contributed by atoms with Crippen LogP contribution in [0.4, 0.5) is 14.6 Å². The fraction of sp³-hybridized carbons (Fsp3) is 0.353. The first-order valence-corrected chi connectivity index (χ1v) is 7.80. The Kier molecular flexibility index (Phi) is 5.97. The number of nitrogen functional groups attached to an aromatic ring is 1. The van der Waals surface area contributed by atoms with E-state index in [1.807, 2.05) is 6.92 Å². The summed E-state index contributed by atoms with van der Waals surface area (Å²) < 4.78 is 29.5. The number of aromatic nitrogens is 2. The molecular formula is C17H19ClF2N4O2. The predicted octanol–water partition coefficient (Wildman–Crippen LogP) is 3.15. The Balaban J connectivity index is 0.00000243. The molecule has 3 rings (SSSR count). The summed E-state index contributed by atoms with van der Waals surface area (Å²) in [5, 5.41) is 0. The maximum absolute atomic E-state index is 12.6. The number of hydrogen-bond donors (Lipinski definition) is 1. The number of nitrogens with zero attached hydrogens (tertiary/aromatic N) is 3. The second-order valence-electron chi connectivity index (χ2n) is 5.92. The summed E-state index contributed by atoms with van der Waals surface area (Å²) in [5.41, 5.74) is 8.56. The van der Waals surface area contributed by atoms with Crippen molar-refractivity contribution < 1.29 is 18.3 Å². The van der Waals surface area contributed by atoms with Crippen LogP contribution in [-0.4, -0.2) is 33.8 Å². The second-order valence-corrected chi connectivity index (χ2v) is 5.92. The first-order valence-electron chi connectivity index (χ1n) is 7.80. The van der Waals surface area contributed by atoms with E-state index in [2.05, 4.69) is 9.97 Å². The SMILES string of the molecule is Cc1cc(C(C)N2Cc3c(ccnc3N)C2=O)cnc1OCC(F)F.Cl. The monoisotopic (exact) mass is 384 g/mol. The highest BCUT2D eigenvalue weighted by Crippen LogP contribution is 2.33. The lowest BCUT2D eigenvalue weighted by Gasteiger charge is -2.25. The van der Waals surface area contributed by atoms with E-state index < -0.39 is 13.0 Å². The van der Waals surface area contributed by atoms with Crippen molar-refractivity contribution >= 4 is 24.1 Å². The third-order valence-electron chi connectivity index (χ3n) is 4.26. The van der Waals surface area contributed by atoms with Gasteiger partial charge in [0.25, 0.3) is 12.3 Å². The molecule has 2 N–H and O–H groups in total. The van der Waals surface area contributed by atoms with Crippen molar-refractivity contribution in [2.45, 2.75) is 32.9 Å². The van der Waals surface area contributed by atoms with Crippen LogP contribution in [0.25, 0.3) is 0 Å². The van der Waals surface area contributed by atoms with Gasteiger partial charge in [0.05, 0.1) is 12.6 Å². The second kappa shape index (κ2) is 7.82. The average molecular weight is 385 g/mol.